The second kappa shape index (κ2) is 6.40. The maximum atomic E-state index is 12.5. The summed E-state index contributed by atoms with van der Waals surface area (Å²) in [6.45, 7) is 6.52. The van der Waals surface area contributed by atoms with E-state index in [0.717, 1.165) is 25.7 Å². The average Bonchev–Trinajstić information content (AvgIpc) is 2.92. The van der Waals surface area contributed by atoms with Crippen LogP contribution in [-0.4, -0.2) is 20.0 Å². The van der Waals surface area contributed by atoms with Crippen LogP contribution in [-0.2, 0) is 16.6 Å². The van der Waals surface area contributed by atoms with E-state index in [0.29, 0.717) is 18.3 Å². The zero-order valence-corrected chi connectivity index (χ0v) is 15.1. The number of sulfonamides is 1. The minimum absolute atomic E-state index is 0.177. The van der Waals surface area contributed by atoms with E-state index in [-0.39, 0.29) is 15.1 Å². The maximum absolute atomic E-state index is 12.5. The Morgan fingerprint density at radius 1 is 1.38 bits per heavy atom. The largest absolute Gasteiger partial charge is 0.452 e. The molecule has 5 nitrogen and oxygen atoms in total. The van der Waals surface area contributed by atoms with E-state index >= 15 is 0 Å². The molecule has 0 saturated heterocycles. The van der Waals surface area contributed by atoms with E-state index in [1.807, 2.05) is 20.8 Å². The van der Waals surface area contributed by atoms with Gasteiger partial charge in [0.05, 0.1) is 6.54 Å². The van der Waals surface area contributed by atoms with E-state index < -0.39 is 10.0 Å². The molecular weight excluding hydrogens is 356 g/mol. The lowest BCUT2D eigenvalue weighted by Crippen LogP contribution is -2.43. The van der Waals surface area contributed by atoms with E-state index in [2.05, 4.69) is 26.0 Å². The lowest BCUT2D eigenvalue weighted by molar-refractivity contribution is 0.425. The molecule has 0 amide bonds. The van der Waals surface area contributed by atoms with Gasteiger partial charge in [0.25, 0.3) is 0 Å². The molecule has 1 aromatic heterocycles. The predicted octanol–water partition coefficient (Wildman–Crippen LogP) is 3.15. The summed E-state index contributed by atoms with van der Waals surface area (Å²) in [7, 11) is -3.57. The third kappa shape index (κ3) is 4.31. The molecule has 0 unspecified atom stereocenters. The molecule has 2 rings (SSSR count). The summed E-state index contributed by atoms with van der Waals surface area (Å²) < 4.78 is 33.7. The zero-order chi connectivity index (χ0) is 15.7. The molecule has 0 atom stereocenters. The molecule has 21 heavy (non-hydrogen) atoms. The summed E-state index contributed by atoms with van der Waals surface area (Å²) in [6.07, 6.45) is 3.89. The van der Waals surface area contributed by atoms with Crippen molar-refractivity contribution in [1.82, 2.24) is 10.0 Å². The van der Waals surface area contributed by atoms with Crippen molar-refractivity contribution < 1.29 is 12.8 Å². The van der Waals surface area contributed by atoms with Gasteiger partial charge in [0.2, 0.25) is 10.0 Å². The highest BCUT2D eigenvalue weighted by atomic mass is 79.9. The van der Waals surface area contributed by atoms with Crippen LogP contribution in [0.3, 0.4) is 0 Å². The molecular formula is C14H23BrN2O3S. The van der Waals surface area contributed by atoms with Crippen molar-refractivity contribution in [2.24, 2.45) is 0 Å². The molecule has 7 heteroatoms. The normalized spacial score (nSPS) is 18.5. The lowest BCUT2D eigenvalue weighted by atomic mass is 10.0. The van der Waals surface area contributed by atoms with Gasteiger partial charge in [-0.25, -0.2) is 13.1 Å². The molecule has 0 spiro atoms. The first kappa shape index (κ1) is 17.0. The van der Waals surface area contributed by atoms with Crippen LogP contribution in [0.5, 0.6) is 0 Å². The number of hydrogen-bond acceptors (Lipinski definition) is 4. The topological polar surface area (TPSA) is 71.3 Å². The van der Waals surface area contributed by atoms with Gasteiger partial charge < -0.3 is 9.73 Å². The molecule has 0 aliphatic heterocycles. The summed E-state index contributed by atoms with van der Waals surface area (Å²) in [6, 6.07) is 1.89. The van der Waals surface area contributed by atoms with Crippen LogP contribution >= 0.6 is 15.9 Å². The monoisotopic (exact) mass is 378 g/mol. The Bertz CT molecular complexity index is 589. The molecule has 1 aliphatic rings. The van der Waals surface area contributed by atoms with Crippen molar-refractivity contribution in [3.63, 3.8) is 0 Å². The van der Waals surface area contributed by atoms with E-state index in [4.69, 9.17) is 4.42 Å². The predicted molar refractivity (Wildman–Crippen MR) is 85.6 cm³/mol. The van der Waals surface area contributed by atoms with Gasteiger partial charge in [-0.05, 0) is 35.7 Å². The smallest absolute Gasteiger partial charge is 0.245 e. The molecule has 1 saturated carbocycles. The van der Waals surface area contributed by atoms with E-state index in [9.17, 15) is 8.42 Å². The van der Waals surface area contributed by atoms with Gasteiger partial charge in [-0.2, -0.15) is 0 Å². The van der Waals surface area contributed by atoms with Crippen LogP contribution < -0.4 is 10.0 Å². The zero-order valence-electron chi connectivity index (χ0n) is 12.7. The molecule has 0 bridgehead atoms. The highest BCUT2D eigenvalue weighted by Gasteiger charge is 2.35. The second-order valence-electron chi connectivity index (χ2n) is 6.26. The summed E-state index contributed by atoms with van der Waals surface area (Å²) >= 11 is 3.21. The van der Waals surface area contributed by atoms with Gasteiger partial charge in [-0.15, -0.1) is 0 Å². The van der Waals surface area contributed by atoms with Gasteiger partial charge in [-0.1, -0.05) is 26.7 Å². The Morgan fingerprint density at radius 2 is 2.00 bits per heavy atom. The quantitative estimate of drug-likeness (QED) is 0.797. The fraction of sp³-hybridized carbons (Fsp3) is 0.714. The second-order valence-corrected chi connectivity index (χ2v) is 8.63. The highest BCUT2D eigenvalue weighted by molar-refractivity contribution is 9.10. The summed E-state index contributed by atoms with van der Waals surface area (Å²) in [4.78, 5) is 0.177. The highest BCUT2D eigenvalue weighted by Crippen LogP contribution is 2.33. The van der Waals surface area contributed by atoms with Crippen LogP contribution in [0.4, 0.5) is 0 Å². The van der Waals surface area contributed by atoms with Crippen LogP contribution in [0, 0.1) is 0 Å². The van der Waals surface area contributed by atoms with Crippen molar-refractivity contribution in [3.05, 3.63) is 16.5 Å². The van der Waals surface area contributed by atoms with Gasteiger partial charge >= 0.3 is 0 Å². The van der Waals surface area contributed by atoms with Crippen molar-refractivity contribution in [2.45, 2.75) is 69.5 Å². The first-order valence-corrected chi connectivity index (χ1v) is 9.55. The molecule has 1 heterocycles. The molecule has 2 N–H and O–H groups in total. The third-order valence-corrected chi connectivity index (χ3v) is 6.26. The third-order valence-electron chi connectivity index (χ3n) is 3.77. The SMILES string of the molecule is CC(C)NCc1cc(S(=O)(=O)NC2(C)CCCC2)c(Br)o1. The first-order chi connectivity index (χ1) is 9.72. The molecule has 120 valence electrons. The van der Waals surface area contributed by atoms with E-state index in [1.54, 1.807) is 6.07 Å². The number of hydrogen-bond donors (Lipinski definition) is 2. The van der Waals surface area contributed by atoms with Gasteiger partial charge in [0, 0.05) is 17.6 Å². The Balaban J connectivity index is 2.16. The average molecular weight is 379 g/mol. The molecule has 1 fully saturated rings. The Hall–Kier alpha value is -0.370. The van der Waals surface area contributed by atoms with Crippen LogP contribution in [0.15, 0.2) is 20.0 Å². The number of nitrogens with one attached hydrogen (secondary N) is 2. The van der Waals surface area contributed by atoms with Crippen LogP contribution in [0.25, 0.3) is 0 Å². The number of furan rings is 1. The minimum atomic E-state index is -3.57. The number of rotatable bonds is 6. The lowest BCUT2D eigenvalue weighted by Gasteiger charge is -2.24. The number of halogens is 1. The Labute approximate surface area is 135 Å². The van der Waals surface area contributed by atoms with Crippen molar-refractivity contribution >= 4 is 26.0 Å². The summed E-state index contributed by atoms with van der Waals surface area (Å²) in [5.74, 6) is 0.604. The van der Waals surface area contributed by atoms with Gasteiger partial charge in [0.1, 0.15) is 10.7 Å². The van der Waals surface area contributed by atoms with Crippen molar-refractivity contribution in [2.75, 3.05) is 0 Å². The molecule has 1 aromatic rings. The van der Waals surface area contributed by atoms with Crippen molar-refractivity contribution in [3.8, 4) is 0 Å². The maximum Gasteiger partial charge on any atom is 0.245 e. The minimum Gasteiger partial charge on any atom is -0.452 e. The van der Waals surface area contributed by atoms with Crippen LogP contribution in [0.1, 0.15) is 52.2 Å². The molecule has 0 aromatic carbocycles. The Morgan fingerprint density at radius 3 is 2.57 bits per heavy atom. The van der Waals surface area contributed by atoms with Gasteiger partial charge in [0.15, 0.2) is 4.67 Å². The molecule has 1 aliphatic carbocycles. The summed E-state index contributed by atoms with van der Waals surface area (Å²) in [5, 5.41) is 3.20. The molecule has 0 radical (unpaired) electrons. The fourth-order valence-corrected chi connectivity index (χ4v) is 5.07. The Kier molecular flexibility index (Phi) is 5.18. The van der Waals surface area contributed by atoms with Crippen molar-refractivity contribution in [1.29, 1.82) is 0 Å². The van der Waals surface area contributed by atoms with Crippen LogP contribution in [0.2, 0.25) is 0 Å². The first-order valence-electron chi connectivity index (χ1n) is 7.27. The van der Waals surface area contributed by atoms with Gasteiger partial charge in [-0.3, -0.25) is 0 Å². The fourth-order valence-electron chi connectivity index (χ4n) is 2.61. The van der Waals surface area contributed by atoms with E-state index in [1.165, 1.54) is 0 Å². The summed E-state index contributed by atoms with van der Waals surface area (Å²) in [5.41, 5.74) is -0.341. The standard InChI is InChI=1S/C14H23BrN2O3S/c1-10(2)16-9-11-8-12(13(15)20-11)21(18,19)17-14(3)6-4-5-7-14/h8,10,16-17H,4-7,9H2,1-3H3.